The van der Waals surface area contributed by atoms with Crippen LogP contribution in [-0.2, 0) is 0 Å². The number of rotatable bonds is 6. The molecule has 0 fully saturated rings. The fraction of sp³-hybridized carbons (Fsp3) is 0.583. The Bertz CT molecular complexity index is 302. The van der Waals surface area contributed by atoms with E-state index < -0.39 is 0 Å². The smallest absolute Gasteiger partial charge is 0.141 e. The SMILES string of the molecule is CCC(NC(C)CSC)c1ccc(F)cn1. The van der Waals surface area contributed by atoms with E-state index >= 15 is 0 Å². The van der Waals surface area contributed by atoms with Crippen LogP contribution < -0.4 is 5.32 Å². The van der Waals surface area contributed by atoms with Crippen LogP contribution in [0.4, 0.5) is 4.39 Å². The first kappa shape index (κ1) is 13.5. The van der Waals surface area contributed by atoms with Crippen molar-refractivity contribution in [1.82, 2.24) is 10.3 Å². The van der Waals surface area contributed by atoms with Crippen molar-refractivity contribution >= 4 is 11.8 Å². The van der Waals surface area contributed by atoms with Gasteiger partial charge in [0.1, 0.15) is 5.82 Å². The van der Waals surface area contributed by atoms with Crippen molar-refractivity contribution in [2.45, 2.75) is 32.4 Å². The largest absolute Gasteiger partial charge is 0.305 e. The van der Waals surface area contributed by atoms with Gasteiger partial charge in [-0.3, -0.25) is 4.98 Å². The van der Waals surface area contributed by atoms with Gasteiger partial charge in [-0.15, -0.1) is 0 Å². The molecule has 2 atom stereocenters. The van der Waals surface area contributed by atoms with Gasteiger partial charge in [-0.25, -0.2) is 4.39 Å². The highest BCUT2D eigenvalue weighted by Gasteiger charge is 2.13. The molecule has 0 radical (unpaired) electrons. The van der Waals surface area contributed by atoms with Crippen LogP contribution in [0.25, 0.3) is 0 Å². The molecule has 4 heteroatoms. The monoisotopic (exact) mass is 242 g/mol. The average molecular weight is 242 g/mol. The predicted octanol–water partition coefficient (Wildman–Crippen LogP) is 3.01. The summed E-state index contributed by atoms with van der Waals surface area (Å²) in [7, 11) is 0. The molecule has 1 aromatic rings. The van der Waals surface area contributed by atoms with Gasteiger partial charge >= 0.3 is 0 Å². The standard InChI is InChI=1S/C12H19FN2S/c1-4-11(15-9(2)8-16-3)12-6-5-10(13)7-14-12/h5-7,9,11,15H,4,8H2,1-3H3. The Hall–Kier alpha value is -0.610. The third kappa shape index (κ3) is 4.10. The molecule has 0 aliphatic carbocycles. The summed E-state index contributed by atoms with van der Waals surface area (Å²) < 4.78 is 12.8. The second-order valence-corrected chi connectivity index (χ2v) is 4.80. The molecule has 0 amide bonds. The van der Waals surface area contributed by atoms with E-state index in [2.05, 4.69) is 30.4 Å². The molecule has 2 nitrogen and oxygen atoms in total. The lowest BCUT2D eigenvalue weighted by molar-refractivity contribution is 0.460. The Morgan fingerprint density at radius 2 is 2.25 bits per heavy atom. The molecule has 0 aliphatic heterocycles. The van der Waals surface area contributed by atoms with E-state index in [0.717, 1.165) is 17.9 Å². The summed E-state index contributed by atoms with van der Waals surface area (Å²) in [5, 5.41) is 3.50. The zero-order chi connectivity index (χ0) is 12.0. The molecule has 90 valence electrons. The van der Waals surface area contributed by atoms with Crippen LogP contribution in [0.5, 0.6) is 0 Å². The summed E-state index contributed by atoms with van der Waals surface area (Å²) in [5.41, 5.74) is 0.914. The van der Waals surface area contributed by atoms with Crippen LogP contribution in [0.3, 0.4) is 0 Å². The lowest BCUT2D eigenvalue weighted by Gasteiger charge is -2.21. The molecule has 16 heavy (non-hydrogen) atoms. The van der Waals surface area contributed by atoms with E-state index in [-0.39, 0.29) is 11.9 Å². The molecule has 0 saturated heterocycles. The molecule has 1 heterocycles. The van der Waals surface area contributed by atoms with Gasteiger partial charge in [0, 0.05) is 17.8 Å². The van der Waals surface area contributed by atoms with E-state index in [4.69, 9.17) is 0 Å². The van der Waals surface area contributed by atoms with E-state index in [9.17, 15) is 4.39 Å². The maximum atomic E-state index is 12.8. The first-order valence-corrected chi connectivity index (χ1v) is 6.93. The van der Waals surface area contributed by atoms with Crippen molar-refractivity contribution in [2.24, 2.45) is 0 Å². The minimum Gasteiger partial charge on any atom is -0.305 e. The van der Waals surface area contributed by atoms with E-state index in [1.54, 1.807) is 6.07 Å². The molecule has 0 spiro atoms. The van der Waals surface area contributed by atoms with Crippen molar-refractivity contribution in [3.05, 3.63) is 29.8 Å². The third-order valence-corrected chi connectivity index (χ3v) is 3.25. The maximum absolute atomic E-state index is 12.8. The van der Waals surface area contributed by atoms with Crippen molar-refractivity contribution in [1.29, 1.82) is 0 Å². The zero-order valence-electron chi connectivity index (χ0n) is 10.0. The van der Waals surface area contributed by atoms with Gasteiger partial charge in [0.2, 0.25) is 0 Å². The summed E-state index contributed by atoms with van der Waals surface area (Å²) in [6.07, 6.45) is 4.32. The first-order valence-electron chi connectivity index (χ1n) is 5.53. The number of thioether (sulfide) groups is 1. The van der Waals surface area contributed by atoms with Gasteiger partial charge in [-0.05, 0) is 31.7 Å². The average Bonchev–Trinajstić information content (AvgIpc) is 2.27. The van der Waals surface area contributed by atoms with Crippen molar-refractivity contribution < 1.29 is 4.39 Å². The second kappa shape index (κ2) is 6.86. The highest BCUT2D eigenvalue weighted by Crippen LogP contribution is 2.15. The summed E-state index contributed by atoms with van der Waals surface area (Å²) in [6.45, 7) is 4.26. The minimum atomic E-state index is -0.282. The summed E-state index contributed by atoms with van der Waals surface area (Å²) in [6, 6.07) is 3.86. The Balaban J connectivity index is 2.63. The highest BCUT2D eigenvalue weighted by molar-refractivity contribution is 7.98. The van der Waals surface area contributed by atoms with Gasteiger partial charge in [0.25, 0.3) is 0 Å². The number of nitrogens with one attached hydrogen (secondary N) is 1. The van der Waals surface area contributed by atoms with Crippen LogP contribution in [0, 0.1) is 5.82 Å². The van der Waals surface area contributed by atoms with Crippen molar-refractivity contribution in [3.8, 4) is 0 Å². The lowest BCUT2D eigenvalue weighted by Crippen LogP contribution is -2.32. The van der Waals surface area contributed by atoms with Crippen molar-refractivity contribution in [3.63, 3.8) is 0 Å². The number of hydrogen-bond donors (Lipinski definition) is 1. The molecule has 0 saturated carbocycles. The zero-order valence-corrected chi connectivity index (χ0v) is 10.9. The number of pyridine rings is 1. The Morgan fingerprint density at radius 1 is 1.50 bits per heavy atom. The van der Waals surface area contributed by atoms with Crippen LogP contribution in [0.15, 0.2) is 18.3 Å². The van der Waals surface area contributed by atoms with Gasteiger partial charge in [0.05, 0.1) is 11.9 Å². The summed E-state index contributed by atoms with van der Waals surface area (Å²) in [4.78, 5) is 4.12. The van der Waals surface area contributed by atoms with Crippen LogP contribution in [-0.4, -0.2) is 23.0 Å². The van der Waals surface area contributed by atoms with Gasteiger partial charge in [0.15, 0.2) is 0 Å². The second-order valence-electron chi connectivity index (χ2n) is 3.89. The molecule has 1 N–H and O–H groups in total. The summed E-state index contributed by atoms with van der Waals surface area (Å²) in [5.74, 6) is 0.785. The Kier molecular flexibility index (Phi) is 5.77. The van der Waals surface area contributed by atoms with Gasteiger partial charge < -0.3 is 5.32 Å². The number of hydrogen-bond acceptors (Lipinski definition) is 3. The summed E-state index contributed by atoms with van der Waals surface area (Å²) >= 11 is 1.82. The molecular weight excluding hydrogens is 223 g/mol. The molecule has 2 unspecified atom stereocenters. The Labute approximate surface area is 101 Å². The minimum absolute atomic E-state index is 0.211. The normalized spacial score (nSPS) is 14.8. The fourth-order valence-corrected chi connectivity index (χ4v) is 2.24. The van der Waals surface area contributed by atoms with Gasteiger partial charge in [-0.1, -0.05) is 6.92 Å². The van der Waals surface area contributed by atoms with Crippen LogP contribution in [0.2, 0.25) is 0 Å². The fourth-order valence-electron chi connectivity index (χ4n) is 1.65. The number of aromatic nitrogens is 1. The molecule has 0 aliphatic rings. The number of halogens is 1. The first-order chi connectivity index (χ1) is 7.67. The molecule has 1 aromatic heterocycles. The van der Waals surface area contributed by atoms with E-state index in [1.807, 2.05) is 11.8 Å². The lowest BCUT2D eigenvalue weighted by atomic mass is 10.1. The van der Waals surface area contributed by atoms with Crippen LogP contribution >= 0.6 is 11.8 Å². The Morgan fingerprint density at radius 3 is 2.75 bits per heavy atom. The topological polar surface area (TPSA) is 24.9 Å². The maximum Gasteiger partial charge on any atom is 0.141 e. The van der Waals surface area contributed by atoms with E-state index in [0.29, 0.717) is 6.04 Å². The predicted molar refractivity (Wildman–Crippen MR) is 68.2 cm³/mol. The molecule has 1 rings (SSSR count). The quantitative estimate of drug-likeness (QED) is 0.830. The van der Waals surface area contributed by atoms with Crippen LogP contribution in [0.1, 0.15) is 32.0 Å². The third-order valence-electron chi connectivity index (χ3n) is 2.42. The van der Waals surface area contributed by atoms with E-state index in [1.165, 1.54) is 12.3 Å². The van der Waals surface area contributed by atoms with Crippen molar-refractivity contribution in [2.75, 3.05) is 12.0 Å². The highest BCUT2D eigenvalue weighted by atomic mass is 32.2. The molecular formula is C12H19FN2S. The number of nitrogens with zero attached hydrogens (tertiary/aromatic N) is 1. The van der Waals surface area contributed by atoms with Gasteiger partial charge in [-0.2, -0.15) is 11.8 Å². The molecule has 0 aromatic carbocycles. The molecule has 0 bridgehead atoms.